The van der Waals surface area contributed by atoms with Crippen molar-refractivity contribution in [2.45, 2.75) is 31.7 Å². The minimum absolute atomic E-state index is 0.0525. The Morgan fingerprint density at radius 1 is 1.23 bits per heavy atom. The van der Waals surface area contributed by atoms with Gasteiger partial charge in [0.25, 0.3) is 0 Å². The average Bonchev–Trinajstić information content (AvgIpc) is 3.33. The number of carbonyl (C=O) groups is 2. The number of nitrogens with one attached hydrogen (secondary N) is 1. The fraction of sp³-hybridized carbons (Fsp3) is 0.500. The molecule has 2 fully saturated rings. The molecule has 2 aromatic heterocycles. The van der Waals surface area contributed by atoms with E-state index in [9.17, 15) is 9.59 Å². The van der Waals surface area contributed by atoms with Crippen molar-refractivity contribution in [3.8, 4) is 0 Å². The highest BCUT2D eigenvalue weighted by molar-refractivity contribution is 5.89. The number of amides is 2. The number of hydrogen-bond donors (Lipinski definition) is 1. The van der Waals surface area contributed by atoms with Gasteiger partial charge in [-0.05, 0) is 30.5 Å². The Balaban J connectivity index is 1.32. The summed E-state index contributed by atoms with van der Waals surface area (Å²) >= 11 is 0. The molecule has 2 amide bonds. The fourth-order valence-corrected chi connectivity index (χ4v) is 3.84. The van der Waals surface area contributed by atoms with Crippen LogP contribution < -0.4 is 0 Å². The second kappa shape index (κ2) is 7.23. The van der Waals surface area contributed by atoms with E-state index in [0.29, 0.717) is 38.5 Å². The number of likely N-dealkylation sites (tertiary alicyclic amines) is 2. The molecule has 0 aromatic carbocycles. The molecule has 8 heteroatoms. The van der Waals surface area contributed by atoms with Gasteiger partial charge >= 0.3 is 0 Å². The van der Waals surface area contributed by atoms with Gasteiger partial charge in [-0.15, -0.1) is 0 Å². The highest BCUT2D eigenvalue weighted by atomic mass is 16.2. The van der Waals surface area contributed by atoms with Crippen LogP contribution >= 0.6 is 0 Å². The Morgan fingerprint density at radius 3 is 2.69 bits per heavy atom. The Hall–Kier alpha value is -2.77. The first-order chi connectivity index (χ1) is 12.7. The van der Waals surface area contributed by atoms with Gasteiger partial charge in [-0.2, -0.15) is 5.10 Å². The van der Waals surface area contributed by atoms with Crippen LogP contribution in [-0.2, 0) is 16.1 Å². The van der Waals surface area contributed by atoms with Crippen LogP contribution in [0.2, 0.25) is 0 Å². The number of hydrogen-bond acceptors (Lipinski definition) is 5. The maximum Gasteiger partial charge on any atom is 0.227 e. The molecule has 8 nitrogen and oxygen atoms in total. The maximum atomic E-state index is 12.8. The van der Waals surface area contributed by atoms with Crippen LogP contribution in [0, 0.1) is 5.92 Å². The van der Waals surface area contributed by atoms with Crippen LogP contribution in [0.4, 0.5) is 0 Å². The van der Waals surface area contributed by atoms with Crippen LogP contribution in [-0.4, -0.2) is 61.4 Å². The van der Waals surface area contributed by atoms with Gasteiger partial charge in [0.1, 0.15) is 12.2 Å². The van der Waals surface area contributed by atoms with E-state index in [1.165, 1.54) is 6.33 Å². The summed E-state index contributed by atoms with van der Waals surface area (Å²) in [5, 5.41) is 6.82. The zero-order chi connectivity index (χ0) is 17.9. The molecule has 1 atom stereocenters. The van der Waals surface area contributed by atoms with Crippen LogP contribution in [0.1, 0.15) is 36.6 Å². The average molecular weight is 354 g/mol. The van der Waals surface area contributed by atoms with Crippen molar-refractivity contribution in [1.29, 1.82) is 0 Å². The normalized spacial score (nSPS) is 21.4. The zero-order valence-electron chi connectivity index (χ0n) is 14.5. The van der Waals surface area contributed by atoms with Gasteiger partial charge in [0.15, 0.2) is 0 Å². The largest absolute Gasteiger partial charge is 0.342 e. The molecule has 136 valence electrons. The molecule has 0 unspecified atom stereocenters. The first-order valence-electron chi connectivity index (χ1n) is 9.01. The lowest BCUT2D eigenvalue weighted by atomic mass is 9.95. The molecule has 2 aliphatic heterocycles. The van der Waals surface area contributed by atoms with E-state index in [4.69, 9.17) is 0 Å². The Labute approximate surface area is 151 Å². The molecule has 0 radical (unpaired) electrons. The van der Waals surface area contributed by atoms with Gasteiger partial charge in [0, 0.05) is 50.9 Å². The first kappa shape index (κ1) is 16.7. The zero-order valence-corrected chi connectivity index (χ0v) is 14.5. The highest BCUT2D eigenvalue weighted by Crippen LogP contribution is 2.28. The van der Waals surface area contributed by atoms with Crippen molar-refractivity contribution >= 4 is 11.8 Å². The maximum absolute atomic E-state index is 12.8. The van der Waals surface area contributed by atoms with E-state index in [0.717, 1.165) is 24.2 Å². The van der Waals surface area contributed by atoms with Crippen LogP contribution in [0.15, 0.2) is 30.9 Å². The second-order valence-electron chi connectivity index (χ2n) is 7.00. The molecule has 0 bridgehead atoms. The summed E-state index contributed by atoms with van der Waals surface area (Å²) in [5.74, 6) is 1.15. The third-order valence-electron chi connectivity index (χ3n) is 5.31. The number of piperidine rings is 1. The summed E-state index contributed by atoms with van der Waals surface area (Å²) in [6.07, 6.45) is 7.03. The Morgan fingerprint density at radius 2 is 2.00 bits per heavy atom. The van der Waals surface area contributed by atoms with Crippen molar-refractivity contribution in [1.82, 2.24) is 30.0 Å². The standard InChI is InChI=1S/C18H22N6O2/c25-16-9-15(11-24(16)10-13-1-5-19-6-2-13)18(26)23-7-3-14(4-8-23)17-20-12-21-22-17/h1-2,5-6,12,14-15H,3-4,7-11H2,(H,20,21,22)/t15-/m0/s1. The molecular formula is C18H22N6O2. The van der Waals surface area contributed by atoms with E-state index < -0.39 is 0 Å². The molecule has 26 heavy (non-hydrogen) atoms. The van der Waals surface area contributed by atoms with Crippen molar-refractivity contribution in [3.05, 3.63) is 42.2 Å². The lowest BCUT2D eigenvalue weighted by Crippen LogP contribution is -2.42. The predicted octanol–water partition coefficient (Wildman–Crippen LogP) is 0.954. The number of rotatable bonds is 4. The molecule has 2 aliphatic rings. The third-order valence-corrected chi connectivity index (χ3v) is 5.31. The summed E-state index contributed by atoms with van der Waals surface area (Å²) in [6, 6.07) is 3.80. The van der Waals surface area contributed by atoms with Gasteiger partial charge in [-0.1, -0.05) is 0 Å². The predicted molar refractivity (Wildman–Crippen MR) is 92.7 cm³/mol. The quantitative estimate of drug-likeness (QED) is 0.882. The van der Waals surface area contributed by atoms with Crippen molar-refractivity contribution < 1.29 is 9.59 Å². The molecule has 1 N–H and O–H groups in total. The lowest BCUT2D eigenvalue weighted by molar-refractivity contribution is -0.136. The van der Waals surface area contributed by atoms with E-state index in [1.54, 1.807) is 17.3 Å². The smallest absolute Gasteiger partial charge is 0.227 e. The topological polar surface area (TPSA) is 95.1 Å². The number of nitrogens with zero attached hydrogens (tertiary/aromatic N) is 5. The molecule has 4 heterocycles. The van der Waals surface area contributed by atoms with Gasteiger partial charge in [0.2, 0.25) is 11.8 Å². The van der Waals surface area contributed by atoms with Crippen molar-refractivity contribution in [2.75, 3.05) is 19.6 Å². The molecule has 2 saturated heterocycles. The number of pyridine rings is 1. The number of aromatic nitrogens is 4. The summed E-state index contributed by atoms with van der Waals surface area (Å²) in [5.41, 5.74) is 1.04. The molecular weight excluding hydrogens is 332 g/mol. The monoisotopic (exact) mass is 354 g/mol. The molecule has 4 rings (SSSR count). The lowest BCUT2D eigenvalue weighted by Gasteiger charge is -2.32. The van der Waals surface area contributed by atoms with E-state index >= 15 is 0 Å². The molecule has 0 spiro atoms. The van der Waals surface area contributed by atoms with Crippen molar-refractivity contribution in [3.63, 3.8) is 0 Å². The Bertz CT molecular complexity index is 755. The van der Waals surface area contributed by atoms with Gasteiger partial charge in [-0.25, -0.2) is 4.98 Å². The number of H-pyrrole nitrogens is 1. The number of aromatic amines is 1. The fourth-order valence-electron chi connectivity index (χ4n) is 3.84. The summed E-state index contributed by atoms with van der Waals surface area (Å²) < 4.78 is 0. The molecule has 2 aromatic rings. The minimum atomic E-state index is -0.230. The van der Waals surface area contributed by atoms with Crippen LogP contribution in [0.5, 0.6) is 0 Å². The third kappa shape index (κ3) is 3.44. The van der Waals surface area contributed by atoms with Gasteiger partial charge < -0.3 is 9.80 Å². The van der Waals surface area contributed by atoms with Crippen molar-refractivity contribution in [2.24, 2.45) is 5.92 Å². The van der Waals surface area contributed by atoms with Gasteiger partial charge in [-0.3, -0.25) is 19.7 Å². The van der Waals surface area contributed by atoms with Crippen LogP contribution in [0.25, 0.3) is 0 Å². The molecule has 0 saturated carbocycles. The summed E-state index contributed by atoms with van der Waals surface area (Å²) in [4.78, 5) is 37.0. The Kier molecular flexibility index (Phi) is 4.64. The summed E-state index contributed by atoms with van der Waals surface area (Å²) in [7, 11) is 0. The van der Waals surface area contributed by atoms with E-state index in [1.807, 2.05) is 17.0 Å². The second-order valence-corrected chi connectivity index (χ2v) is 7.00. The highest BCUT2D eigenvalue weighted by Gasteiger charge is 2.37. The SMILES string of the molecule is O=C1C[C@H](C(=O)N2CCC(c3ncn[nH]3)CC2)CN1Cc1ccncc1. The number of carbonyl (C=O) groups excluding carboxylic acids is 2. The minimum Gasteiger partial charge on any atom is -0.342 e. The summed E-state index contributed by atoms with van der Waals surface area (Å²) in [6.45, 7) is 2.46. The van der Waals surface area contributed by atoms with E-state index in [2.05, 4.69) is 20.2 Å². The van der Waals surface area contributed by atoms with E-state index in [-0.39, 0.29) is 17.7 Å². The first-order valence-corrected chi connectivity index (χ1v) is 9.01. The van der Waals surface area contributed by atoms with Crippen LogP contribution in [0.3, 0.4) is 0 Å². The van der Waals surface area contributed by atoms with Gasteiger partial charge in [0.05, 0.1) is 5.92 Å². The molecule has 0 aliphatic carbocycles.